The van der Waals surface area contributed by atoms with Crippen molar-refractivity contribution in [3.8, 4) is 12.3 Å². The van der Waals surface area contributed by atoms with Crippen molar-refractivity contribution >= 4 is 13.3 Å². The molecule has 1 aromatic rings. The normalized spacial score (nSPS) is 30.3. The molecular formula is C20H28Si. The van der Waals surface area contributed by atoms with Gasteiger partial charge in [0.2, 0.25) is 0 Å². The molecule has 0 saturated heterocycles. The Kier molecular flexibility index (Phi) is 3.57. The molecule has 0 aliphatic heterocycles. The van der Waals surface area contributed by atoms with Crippen LogP contribution in [0.1, 0.15) is 38.7 Å². The topological polar surface area (TPSA) is 0 Å². The van der Waals surface area contributed by atoms with E-state index in [-0.39, 0.29) is 0 Å². The Morgan fingerprint density at radius 3 is 2.38 bits per heavy atom. The van der Waals surface area contributed by atoms with Crippen LogP contribution in [0, 0.1) is 35.5 Å². The van der Waals surface area contributed by atoms with Crippen molar-refractivity contribution in [3.05, 3.63) is 29.8 Å². The van der Waals surface area contributed by atoms with Gasteiger partial charge < -0.3 is 0 Å². The molecule has 0 heterocycles. The number of fused-ring (bicyclic) bond motifs is 2. The first-order valence-electron chi connectivity index (χ1n) is 8.42. The summed E-state index contributed by atoms with van der Waals surface area (Å²) in [5.41, 5.74) is 1.62. The molecule has 0 amide bonds. The lowest BCUT2D eigenvalue weighted by atomic mass is 9.46. The van der Waals surface area contributed by atoms with Gasteiger partial charge in [-0.25, -0.2) is 0 Å². The van der Waals surface area contributed by atoms with E-state index in [4.69, 9.17) is 6.42 Å². The second-order valence-electron chi connectivity index (χ2n) is 8.51. The minimum Gasteiger partial charge on any atom is -0.115 e. The summed E-state index contributed by atoms with van der Waals surface area (Å²) in [6.45, 7) is 10.1. The van der Waals surface area contributed by atoms with Crippen LogP contribution in [0.5, 0.6) is 0 Å². The zero-order valence-corrected chi connectivity index (χ0v) is 14.9. The highest BCUT2D eigenvalue weighted by atomic mass is 28.3. The molecule has 0 nitrogen and oxygen atoms in total. The van der Waals surface area contributed by atoms with E-state index in [1.165, 1.54) is 25.3 Å². The SMILES string of the molecule is C#Cc1ccc([Si](C)(C)CC2CCC3CC2C3(C)C)cc1. The minimum absolute atomic E-state index is 0.612. The molecule has 3 saturated carbocycles. The van der Waals surface area contributed by atoms with Crippen molar-refractivity contribution in [2.45, 2.75) is 52.2 Å². The van der Waals surface area contributed by atoms with Gasteiger partial charge in [-0.2, -0.15) is 0 Å². The Balaban J connectivity index is 1.75. The fraction of sp³-hybridized carbons (Fsp3) is 0.600. The summed E-state index contributed by atoms with van der Waals surface area (Å²) in [5, 5.41) is 1.57. The number of hydrogen-bond donors (Lipinski definition) is 0. The standard InChI is InChI=1S/C20H28Si/c1-6-15-7-11-18(12-8-15)21(4,5)14-16-9-10-17-13-19(16)20(17,2)3/h1,7-8,11-12,16-17,19H,9-10,13-14H2,2-5H3. The van der Waals surface area contributed by atoms with Gasteiger partial charge in [-0.3, -0.25) is 0 Å². The number of rotatable bonds is 3. The zero-order chi connectivity index (χ0) is 15.3. The molecule has 1 heteroatoms. The van der Waals surface area contributed by atoms with Crippen molar-refractivity contribution in [3.63, 3.8) is 0 Å². The van der Waals surface area contributed by atoms with Crippen molar-refractivity contribution in [2.24, 2.45) is 23.2 Å². The fourth-order valence-electron chi connectivity index (χ4n) is 5.00. The minimum atomic E-state index is -1.35. The van der Waals surface area contributed by atoms with Gasteiger partial charge in [-0.05, 0) is 48.1 Å². The van der Waals surface area contributed by atoms with Gasteiger partial charge in [0, 0.05) is 5.56 Å². The molecular weight excluding hydrogens is 268 g/mol. The highest BCUT2D eigenvalue weighted by Crippen LogP contribution is 2.62. The first-order chi connectivity index (χ1) is 9.84. The lowest BCUT2D eigenvalue weighted by Gasteiger charge is -2.61. The highest BCUT2D eigenvalue weighted by molar-refractivity contribution is 6.89. The van der Waals surface area contributed by atoms with Gasteiger partial charge in [0.15, 0.2) is 0 Å². The van der Waals surface area contributed by atoms with Gasteiger partial charge in [0.05, 0.1) is 8.07 Å². The Bertz CT molecular complexity index is 556. The highest BCUT2D eigenvalue weighted by Gasteiger charge is 2.54. The monoisotopic (exact) mass is 296 g/mol. The third-order valence-electron chi connectivity index (χ3n) is 6.61. The quantitative estimate of drug-likeness (QED) is 0.562. The van der Waals surface area contributed by atoms with Crippen LogP contribution in [0.2, 0.25) is 19.1 Å². The first kappa shape index (κ1) is 14.9. The van der Waals surface area contributed by atoms with Crippen molar-refractivity contribution in [2.75, 3.05) is 0 Å². The summed E-state index contributed by atoms with van der Waals surface area (Å²) in [6.07, 6.45) is 9.91. The van der Waals surface area contributed by atoms with E-state index in [0.717, 1.165) is 23.3 Å². The summed E-state index contributed by atoms with van der Waals surface area (Å²) < 4.78 is 0. The predicted octanol–water partition coefficient (Wildman–Crippen LogP) is 4.66. The number of hydrogen-bond acceptors (Lipinski definition) is 0. The molecule has 3 aliphatic rings. The van der Waals surface area contributed by atoms with Crippen LogP contribution in [0.25, 0.3) is 0 Å². The van der Waals surface area contributed by atoms with Crippen molar-refractivity contribution in [1.29, 1.82) is 0 Å². The summed E-state index contributed by atoms with van der Waals surface area (Å²) in [5.74, 6) is 5.68. The Morgan fingerprint density at radius 1 is 1.19 bits per heavy atom. The van der Waals surface area contributed by atoms with Crippen LogP contribution in [0.15, 0.2) is 24.3 Å². The molecule has 112 valence electrons. The third-order valence-corrected chi connectivity index (χ3v) is 10.0. The van der Waals surface area contributed by atoms with E-state index in [1.807, 2.05) is 0 Å². The predicted molar refractivity (Wildman–Crippen MR) is 94.4 cm³/mol. The average Bonchev–Trinajstić information content (AvgIpc) is 2.46. The summed E-state index contributed by atoms with van der Waals surface area (Å²) in [6, 6.07) is 10.3. The largest absolute Gasteiger partial charge is 0.115 e. The van der Waals surface area contributed by atoms with E-state index in [1.54, 1.807) is 5.19 Å². The number of terminal acetylenes is 1. The molecule has 0 N–H and O–H groups in total. The third kappa shape index (κ3) is 2.48. The van der Waals surface area contributed by atoms with E-state index < -0.39 is 8.07 Å². The van der Waals surface area contributed by atoms with Crippen LogP contribution in [0.3, 0.4) is 0 Å². The van der Waals surface area contributed by atoms with Crippen LogP contribution in [0.4, 0.5) is 0 Å². The fourth-order valence-corrected chi connectivity index (χ4v) is 8.10. The van der Waals surface area contributed by atoms with Crippen molar-refractivity contribution in [1.82, 2.24) is 0 Å². The lowest BCUT2D eigenvalue weighted by Crippen LogP contribution is -2.55. The second-order valence-corrected chi connectivity index (χ2v) is 13.3. The van der Waals surface area contributed by atoms with Gasteiger partial charge in [0.1, 0.15) is 0 Å². The number of benzene rings is 1. The van der Waals surface area contributed by atoms with Gasteiger partial charge in [-0.15, -0.1) is 6.42 Å². The van der Waals surface area contributed by atoms with Crippen LogP contribution < -0.4 is 5.19 Å². The van der Waals surface area contributed by atoms with E-state index in [2.05, 4.69) is 57.1 Å². The Morgan fingerprint density at radius 2 is 1.86 bits per heavy atom. The summed E-state index contributed by atoms with van der Waals surface area (Å²) in [4.78, 5) is 0. The molecule has 0 radical (unpaired) electrons. The summed E-state index contributed by atoms with van der Waals surface area (Å²) >= 11 is 0. The van der Waals surface area contributed by atoms with Gasteiger partial charge >= 0.3 is 0 Å². The second kappa shape index (κ2) is 5.02. The molecule has 1 aromatic carbocycles. The smallest absolute Gasteiger partial charge is 0.0809 e. The molecule has 2 bridgehead atoms. The lowest BCUT2D eigenvalue weighted by molar-refractivity contribution is -0.0990. The van der Waals surface area contributed by atoms with Crippen LogP contribution in [-0.4, -0.2) is 8.07 Å². The molecule has 4 rings (SSSR count). The molecule has 3 aliphatic carbocycles. The molecule has 3 fully saturated rings. The van der Waals surface area contributed by atoms with E-state index in [0.29, 0.717) is 5.41 Å². The average molecular weight is 297 g/mol. The maximum atomic E-state index is 5.47. The molecule has 3 unspecified atom stereocenters. The molecule has 0 spiro atoms. The first-order valence-corrected chi connectivity index (χ1v) is 11.6. The van der Waals surface area contributed by atoms with Crippen LogP contribution >= 0.6 is 0 Å². The molecule has 21 heavy (non-hydrogen) atoms. The Labute approximate surface area is 131 Å². The molecule has 0 aromatic heterocycles. The zero-order valence-electron chi connectivity index (χ0n) is 13.9. The van der Waals surface area contributed by atoms with Gasteiger partial charge in [0.25, 0.3) is 0 Å². The van der Waals surface area contributed by atoms with Gasteiger partial charge in [-0.1, -0.05) is 62.6 Å². The van der Waals surface area contributed by atoms with E-state index in [9.17, 15) is 0 Å². The van der Waals surface area contributed by atoms with E-state index >= 15 is 0 Å². The van der Waals surface area contributed by atoms with Crippen molar-refractivity contribution < 1.29 is 0 Å². The Hall–Kier alpha value is -1.00. The van der Waals surface area contributed by atoms with Crippen LogP contribution in [-0.2, 0) is 0 Å². The summed E-state index contributed by atoms with van der Waals surface area (Å²) in [7, 11) is -1.35. The maximum Gasteiger partial charge on any atom is 0.0809 e. The molecule has 3 atom stereocenters. The maximum absolute atomic E-state index is 5.47.